The molecule has 1 rings (SSSR count). The van der Waals surface area contributed by atoms with Gasteiger partial charge in [-0.15, -0.1) is 18.2 Å². The number of hydrogen-bond acceptors (Lipinski definition) is 3. The molecule has 3 N–H and O–H groups in total. The van der Waals surface area contributed by atoms with Crippen molar-refractivity contribution in [1.29, 1.82) is 0 Å². The normalized spacial score (nSPS) is 9.44. The van der Waals surface area contributed by atoms with E-state index in [1.807, 2.05) is 0 Å². The maximum atomic E-state index is 11.7. The van der Waals surface area contributed by atoms with E-state index in [4.69, 9.17) is 12.2 Å². The van der Waals surface area contributed by atoms with Crippen molar-refractivity contribution in [3.05, 3.63) is 29.8 Å². The lowest BCUT2D eigenvalue weighted by Crippen LogP contribution is -2.26. The summed E-state index contributed by atoms with van der Waals surface area (Å²) in [5, 5.41) is 2.79. The maximum Gasteiger partial charge on any atom is 0.253 e. The van der Waals surface area contributed by atoms with Crippen LogP contribution in [0.4, 0.5) is 5.69 Å². The minimum Gasteiger partial charge on any atom is -0.398 e. The summed E-state index contributed by atoms with van der Waals surface area (Å²) in [4.78, 5) is 11.7. The Morgan fingerprint density at radius 1 is 1.50 bits per heavy atom. The number of benzene rings is 1. The molecule has 0 aliphatic heterocycles. The molecule has 0 fully saturated rings. The minimum atomic E-state index is -0.139. The molecule has 0 atom stereocenters. The Balaban J connectivity index is 2.36. The van der Waals surface area contributed by atoms with E-state index in [-0.39, 0.29) is 5.91 Å². The van der Waals surface area contributed by atoms with Crippen LogP contribution in [0.1, 0.15) is 10.4 Å². The van der Waals surface area contributed by atoms with Crippen molar-refractivity contribution in [2.45, 2.75) is 0 Å². The highest BCUT2D eigenvalue weighted by molar-refractivity contribution is 7.99. The molecule has 3 nitrogen and oxygen atoms in total. The van der Waals surface area contributed by atoms with Crippen molar-refractivity contribution < 1.29 is 4.79 Å². The van der Waals surface area contributed by atoms with E-state index < -0.39 is 0 Å². The van der Waals surface area contributed by atoms with Crippen LogP contribution in [-0.4, -0.2) is 24.0 Å². The molecule has 0 heterocycles. The zero-order valence-corrected chi connectivity index (χ0v) is 9.72. The Hall–Kier alpha value is -1.60. The van der Waals surface area contributed by atoms with Gasteiger partial charge in [0.2, 0.25) is 0 Å². The number of carbonyl (C=O) groups excluding carboxylic acids is 1. The maximum absolute atomic E-state index is 11.7. The van der Waals surface area contributed by atoms with Crippen molar-refractivity contribution in [1.82, 2.24) is 5.32 Å². The predicted molar refractivity (Wildman–Crippen MR) is 69.3 cm³/mol. The summed E-state index contributed by atoms with van der Waals surface area (Å²) in [5.74, 6) is 3.87. The fourth-order valence-electron chi connectivity index (χ4n) is 1.17. The van der Waals surface area contributed by atoms with Crippen LogP contribution in [0.2, 0.25) is 0 Å². The van der Waals surface area contributed by atoms with E-state index in [0.29, 0.717) is 23.5 Å². The molecule has 0 bridgehead atoms. The van der Waals surface area contributed by atoms with Gasteiger partial charge in [-0.05, 0) is 12.1 Å². The standard InChI is InChI=1S/C12H14N2OS/c1-2-8-16-9-7-14-12(15)10-5-3-4-6-11(10)13/h1,3-6H,7-9,13H2,(H,14,15). The van der Waals surface area contributed by atoms with E-state index in [9.17, 15) is 4.79 Å². The zero-order chi connectivity index (χ0) is 11.8. The van der Waals surface area contributed by atoms with Crippen LogP contribution in [0.25, 0.3) is 0 Å². The lowest BCUT2D eigenvalue weighted by Gasteiger charge is -2.06. The van der Waals surface area contributed by atoms with Gasteiger partial charge in [0.15, 0.2) is 0 Å². The third kappa shape index (κ3) is 3.87. The van der Waals surface area contributed by atoms with Gasteiger partial charge in [0, 0.05) is 18.0 Å². The van der Waals surface area contributed by atoms with Gasteiger partial charge in [-0.1, -0.05) is 18.1 Å². The first-order valence-electron chi connectivity index (χ1n) is 4.89. The van der Waals surface area contributed by atoms with E-state index >= 15 is 0 Å². The molecule has 1 aromatic carbocycles. The number of carbonyl (C=O) groups is 1. The number of nitrogens with one attached hydrogen (secondary N) is 1. The second kappa shape index (κ2) is 6.81. The van der Waals surface area contributed by atoms with Crippen LogP contribution in [0.15, 0.2) is 24.3 Å². The van der Waals surface area contributed by atoms with Gasteiger partial charge < -0.3 is 11.1 Å². The molecule has 0 aliphatic rings. The molecule has 0 aliphatic carbocycles. The summed E-state index contributed by atoms with van der Waals surface area (Å²) >= 11 is 1.61. The number of amides is 1. The van der Waals surface area contributed by atoms with Gasteiger partial charge in [-0.3, -0.25) is 4.79 Å². The van der Waals surface area contributed by atoms with Crippen LogP contribution in [0, 0.1) is 12.3 Å². The monoisotopic (exact) mass is 234 g/mol. The molecule has 0 saturated heterocycles. The number of rotatable bonds is 5. The molecular weight excluding hydrogens is 220 g/mol. The Morgan fingerprint density at radius 3 is 2.94 bits per heavy atom. The van der Waals surface area contributed by atoms with Crippen LogP contribution < -0.4 is 11.1 Å². The first-order valence-corrected chi connectivity index (χ1v) is 6.05. The fourth-order valence-corrected chi connectivity index (χ4v) is 1.68. The molecular formula is C12H14N2OS. The SMILES string of the molecule is C#CCSCCNC(=O)c1ccccc1N. The number of nitrogens with two attached hydrogens (primary N) is 1. The average molecular weight is 234 g/mol. The molecule has 0 aromatic heterocycles. The molecule has 0 unspecified atom stereocenters. The summed E-state index contributed by atoms with van der Waals surface area (Å²) in [6.45, 7) is 0.597. The van der Waals surface area contributed by atoms with E-state index in [1.54, 1.807) is 36.0 Å². The van der Waals surface area contributed by atoms with Crippen molar-refractivity contribution >= 4 is 23.4 Å². The number of hydrogen-bond donors (Lipinski definition) is 2. The summed E-state index contributed by atoms with van der Waals surface area (Å²) in [6.07, 6.45) is 5.11. The Kier molecular flexibility index (Phi) is 5.30. The number of anilines is 1. The molecule has 1 aromatic rings. The topological polar surface area (TPSA) is 55.1 Å². The van der Waals surface area contributed by atoms with Crippen LogP contribution in [0.3, 0.4) is 0 Å². The van der Waals surface area contributed by atoms with Gasteiger partial charge in [0.25, 0.3) is 5.91 Å². The molecule has 16 heavy (non-hydrogen) atoms. The lowest BCUT2D eigenvalue weighted by atomic mass is 10.2. The van der Waals surface area contributed by atoms with Gasteiger partial charge in [0.1, 0.15) is 0 Å². The second-order valence-electron chi connectivity index (χ2n) is 3.10. The molecule has 84 valence electrons. The Labute approximate surface area is 99.8 Å². The number of thioether (sulfide) groups is 1. The molecule has 0 saturated carbocycles. The first-order chi connectivity index (χ1) is 7.75. The summed E-state index contributed by atoms with van der Waals surface area (Å²) in [5.41, 5.74) is 6.70. The Morgan fingerprint density at radius 2 is 2.25 bits per heavy atom. The van der Waals surface area contributed by atoms with E-state index in [0.717, 1.165) is 5.75 Å². The highest BCUT2D eigenvalue weighted by Gasteiger charge is 2.07. The van der Waals surface area contributed by atoms with Crippen LogP contribution in [0.5, 0.6) is 0 Å². The quantitative estimate of drug-likeness (QED) is 0.459. The Bertz CT molecular complexity index is 398. The molecule has 0 radical (unpaired) electrons. The van der Waals surface area contributed by atoms with Gasteiger partial charge >= 0.3 is 0 Å². The second-order valence-corrected chi connectivity index (χ2v) is 4.21. The summed E-state index contributed by atoms with van der Waals surface area (Å²) < 4.78 is 0. The summed E-state index contributed by atoms with van der Waals surface area (Å²) in [7, 11) is 0. The number of nitrogen functional groups attached to an aromatic ring is 1. The highest BCUT2D eigenvalue weighted by atomic mass is 32.2. The van der Waals surface area contributed by atoms with Crippen LogP contribution in [-0.2, 0) is 0 Å². The van der Waals surface area contributed by atoms with Crippen molar-refractivity contribution in [3.63, 3.8) is 0 Å². The molecule has 4 heteroatoms. The largest absolute Gasteiger partial charge is 0.398 e. The summed E-state index contributed by atoms with van der Waals surface area (Å²) in [6, 6.07) is 7.01. The molecule has 0 spiro atoms. The zero-order valence-electron chi connectivity index (χ0n) is 8.90. The predicted octanol–water partition coefficient (Wildman–Crippen LogP) is 1.36. The fraction of sp³-hybridized carbons (Fsp3) is 0.250. The number of para-hydroxylation sites is 1. The van der Waals surface area contributed by atoms with E-state index in [1.165, 1.54) is 0 Å². The van der Waals surface area contributed by atoms with Crippen LogP contribution >= 0.6 is 11.8 Å². The van der Waals surface area contributed by atoms with Crippen molar-refractivity contribution in [2.75, 3.05) is 23.8 Å². The van der Waals surface area contributed by atoms with Crippen molar-refractivity contribution in [3.8, 4) is 12.3 Å². The van der Waals surface area contributed by atoms with Crippen molar-refractivity contribution in [2.24, 2.45) is 0 Å². The van der Waals surface area contributed by atoms with Gasteiger partial charge in [-0.25, -0.2) is 0 Å². The first kappa shape index (κ1) is 12.5. The molecule has 1 amide bonds. The smallest absolute Gasteiger partial charge is 0.253 e. The van der Waals surface area contributed by atoms with Gasteiger partial charge in [0.05, 0.1) is 11.3 Å². The third-order valence-corrected chi connectivity index (χ3v) is 2.79. The van der Waals surface area contributed by atoms with E-state index in [2.05, 4.69) is 11.2 Å². The minimum absolute atomic E-state index is 0.139. The average Bonchev–Trinajstić information content (AvgIpc) is 2.29. The van der Waals surface area contributed by atoms with Gasteiger partial charge in [-0.2, -0.15) is 0 Å². The lowest BCUT2D eigenvalue weighted by molar-refractivity contribution is 0.0957. The highest BCUT2D eigenvalue weighted by Crippen LogP contribution is 2.09. The number of terminal acetylenes is 1. The third-order valence-electron chi connectivity index (χ3n) is 1.92.